The molecule has 1 nitrogen and oxygen atoms in total. The first-order valence-electron chi connectivity index (χ1n) is 4.09. The van der Waals surface area contributed by atoms with Gasteiger partial charge in [0.25, 0.3) is 0 Å². The summed E-state index contributed by atoms with van der Waals surface area (Å²) in [5.74, 6) is 0. The molecule has 0 aromatic carbocycles. The molecule has 0 radical (unpaired) electrons. The zero-order valence-electron chi connectivity index (χ0n) is 6.99. The van der Waals surface area contributed by atoms with Gasteiger partial charge in [-0.15, -0.1) is 0 Å². The van der Waals surface area contributed by atoms with Crippen LogP contribution in [0.3, 0.4) is 0 Å². The molecule has 1 aliphatic carbocycles. The molecule has 0 unspecified atom stereocenters. The summed E-state index contributed by atoms with van der Waals surface area (Å²) < 4.78 is 0. The van der Waals surface area contributed by atoms with Crippen LogP contribution in [-0.2, 0) is 0 Å². The van der Waals surface area contributed by atoms with Crippen molar-refractivity contribution in [3.8, 4) is 0 Å². The lowest BCUT2D eigenvalue weighted by atomic mass is 10.0. The fourth-order valence-corrected chi connectivity index (χ4v) is 1.25. The number of nitrogens with two attached hydrogens (primary N) is 1. The smallest absolute Gasteiger partial charge is 0.0190 e. The average Bonchev–Trinajstić information content (AvgIpc) is 2.09. The fraction of sp³-hybridized carbons (Fsp3) is 0.300. The van der Waals surface area contributed by atoms with E-state index in [1.54, 1.807) is 6.20 Å². The third kappa shape index (κ3) is 3.01. The van der Waals surface area contributed by atoms with Crippen LogP contribution < -0.4 is 5.73 Å². The van der Waals surface area contributed by atoms with E-state index in [4.69, 9.17) is 18.0 Å². The van der Waals surface area contributed by atoms with Gasteiger partial charge in [0.1, 0.15) is 0 Å². The molecule has 0 atom stereocenters. The highest BCUT2D eigenvalue weighted by atomic mass is 32.1. The number of thiocarbonyl (C=S) groups is 1. The molecular formula is C10H13NS. The number of hydrogen-bond donors (Lipinski definition) is 1. The molecule has 0 heterocycles. The first kappa shape index (κ1) is 9.20. The maximum atomic E-state index is 5.23. The van der Waals surface area contributed by atoms with Crippen LogP contribution in [0.25, 0.3) is 0 Å². The van der Waals surface area contributed by atoms with Gasteiger partial charge in [0, 0.05) is 11.3 Å². The summed E-state index contributed by atoms with van der Waals surface area (Å²) in [4.78, 5) is 1.02. The molecule has 0 aliphatic heterocycles. The maximum absolute atomic E-state index is 5.23. The summed E-state index contributed by atoms with van der Waals surface area (Å²) in [5, 5.41) is 0. The molecule has 0 bridgehead atoms. The molecule has 0 amide bonds. The van der Waals surface area contributed by atoms with Crippen molar-refractivity contribution in [1.29, 1.82) is 0 Å². The Kier molecular flexibility index (Phi) is 3.74. The van der Waals surface area contributed by atoms with Gasteiger partial charge in [-0.05, 0) is 25.1 Å². The van der Waals surface area contributed by atoms with Crippen molar-refractivity contribution in [2.24, 2.45) is 5.73 Å². The van der Waals surface area contributed by atoms with Crippen LogP contribution in [0.5, 0.6) is 0 Å². The Labute approximate surface area is 78.6 Å². The van der Waals surface area contributed by atoms with Crippen molar-refractivity contribution in [1.82, 2.24) is 0 Å². The monoisotopic (exact) mass is 179 g/mol. The minimum Gasteiger partial charge on any atom is -0.405 e. The molecule has 1 rings (SSSR count). The quantitative estimate of drug-likeness (QED) is 0.674. The lowest BCUT2D eigenvalue weighted by molar-refractivity contribution is 0.995. The predicted octanol–water partition coefficient (Wildman–Crippen LogP) is 2.50. The van der Waals surface area contributed by atoms with Crippen molar-refractivity contribution >= 4 is 17.1 Å². The minimum absolute atomic E-state index is 0.924. The molecular weight excluding hydrogens is 166 g/mol. The molecule has 0 fully saturated rings. The normalized spacial score (nSPS) is 17.0. The van der Waals surface area contributed by atoms with E-state index in [0.717, 1.165) is 24.1 Å². The molecule has 0 saturated heterocycles. The van der Waals surface area contributed by atoms with Gasteiger partial charge in [0.15, 0.2) is 0 Å². The van der Waals surface area contributed by atoms with Gasteiger partial charge in [0.05, 0.1) is 0 Å². The Morgan fingerprint density at radius 1 is 1.50 bits per heavy atom. The maximum Gasteiger partial charge on any atom is 0.0190 e. The summed E-state index contributed by atoms with van der Waals surface area (Å²) in [5.41, 5.74) is 6.59. The highest BCUT2D eigenvalue weighted by Gasteiger charge is 1.98. The van der Waals surface area contributed by atoms with E-state index in [-0.39, 0.29) is 0 Å². The van der Waals surface area contributed by atoms with Crippen LogP contribution >= 0.6 is 12.2 Å². The third-order valence-electron chi connectivity index (χ3n) is 1.78. The average molecular weight is 179 g/mol. The van der Waals surface area contributed by atoms with Crippen LogP contribution in [0.1, 0.15) is 19.3 Å². The van der Waals surface area contributed by atoms with Gasteiger partial charge in [0.2, 0.25) is 0 Å². The van der Waals surface area contributed by atoms with E-state index in [1.165, 1.54) is 5.57 Å². The van der Waals surface area contributed by atoms with Gasteiger partial charge >= 0.3 is 0 Å². The first-order valence-corrected chi connectivity index (χ1v) is 4.50. The Bertz CT molecular complexity index is 249. The van der Waals surface area contributed by atoms with Crippen LogP contribution in [0.4, 0.5) is 0 Å². The van der Waals surface area contributed by atoms with Crippen molar-refractivity contribution in [2.75, 3.05) is 0 Å². The fourth-order valence-electron chi connectivity index (χ4n) is 1.10. The van der Waals surface area contributed by atoms with E-state index < -0.39 is 0 Å². The van der Waals surface area contributed by atoms with E-state index in [2.05, 4.69) is 12.2 Å². The van der Waals surface area contributed by atoms with Crippen molar-refractivity contribution in [3.05, 3.63) is 36.1 Å². The van der Waals surface area contributed by atoms with E-state index in [1.807, 2.05) is 12.2 Å². The molecule has 2 heteroatoms. The standard InChI is InChI=1S/C10H13NS/c11-8-2-1-3-9-4-6-10(12)7-5-9/h2,4-6,8H,1,3,7,11H2. The van der Waals surface area contributed by atoms with Gasteiger partial charge in [-0.3, -0.25) is 0 Å². The van der Waals surface area contributed by atoms with Crippen molar-refractivity contribution in [3.63, 3.8) is 0 Å². The van der Waals surface area contributed by atoms with Crippen LogP contribution in [-0.4, -0.2) is 4.86 Å². The second-order valence-electron chi connectivity index (χ2n) is 2.75. The van der Waals surface area contributed by atoms with Crippen molar-refractivity contribution < 1.29 is 0 Å². The minimum atomic E-state index is 0.924. The predicted molar refractivity (Wildman–Crippen MR) is 57.0 cm³/mol. The number of allylic oxidation sites excluding steroid dienone is 5. The second kappa shape index (κ2) is 4.88. The van der Waals surface area contributed by atoms with Crippen LogP contribution in [0.2, 0.25) is 0 Å². The molecule has 64 valence electrons. The Hall–Kier alpha value is -0.890. The summed E-state index contributed by atoms with van der Waals surface area (Å²) >= 11 is 5.03. The Morgan fingerprint density at radius 2 is 2.33 bits per heavy atom. The molecule has 12 heavy (non-hydrogen) atoms. The van der Waals surface area contributed by atoms with Gasteiger partial charge in [-0.25, -0.2) is 0 Å². The number of rotatable bonds is 3. The molecule has 1 aliphatic rings. The van der Waals surface area contributed by atoms with Gasteiger partial charge in [-0.1, -0.05) is 36.0 Å². The highest BCUT2D eigenvalue weighted by molar-refractivity contribution is 7.80. The summed E-state index contributed by atoms with van der Waals surface area (Å²) in [6.45, 7) is 0. The van der Waals surface area contributed by atoms with Crippen molar-refractivity contribution in [2.45, 2.75) is 19.3 Å². The van der Waals surface area contributed by atoms with Gasteiger partial charge in [-0.2, -0.15) is 0 Å². The number of hydrogen-bond acceptors (Lipinski definition) is 2. The topological polar surface area (TPSA) is 26.0 Å². The molecule has 0 spiro atoms. The largest absolute Gasteiger partial charge is 0.405 e. The summed E-state index contributed by atoms with van der Waals surface area (Å²) in [6.07, 6.45) is 12.9. The van der Waals surface area contributed by atoms with Gasteiger partial charge < -0.3 is 5.73 Å². The third-order valence-corrected chi connectivity index (χ3v) is 2.09. The highest BCUT2D eigenvalue weighted by Crippen LogP contribution is 2.13. The second-order valence-corrected chi connectivity index (χ2v) is 3.27. The van der Waals surface area contributed by atoms with E-state index in [0.29, 0.717) is 0 Å². The van der Waals surface area contributed by atoms with Crippen LogP contribution in [0, 0.1) is 0 Å². The summed E-state index contributed by atoms with van der Waals surface area (Å²) in [6, 6.07) is 0. The zero-order chi connectivity index (χ0) is 8.81. The van der Waals surface area contributed by atoms with Crippen LogP contribution in [0.15, 0.2) is 36.1 Å². The Balaban J connectivity index is 2.35. The molecule has 2 N–H and O–H groups in total. The van der Waals surface area contributed by atoms with E-state index >= 15 is 0 Å². The lowest BCUT2D eigenvalue weighted by Gasteiger charge is -2.05. The molecule has 0 aromatic rings. The Morgan fingerprint density at radius 3 is 2.92 bits per heavy atom. The zero-order valence-corrected chi connectivity index (χ0v) is 7.81. The SMILES string of the molecule is NC=CCCC1=CCC(=S)C=C1. The van der Waals surface area contributed by atoms with E-state index in [9.17, 15) is 0 Å². The first-order chi connectivity index (χ1) is 5.83. The lowest BCUT2D eigenvalue weighted by Crippen LogP contribution is -1.93. The molecule has 0 aromatic heterocycles. The molecule has 0 saturated carbocycles. The summed E-state index contributed by atoms with van der Waals surface area (Å²) in [7, 11) is 0.